The first-order valence-electron chi connectivity index (χ1n) is 22.3. The van der Waals surface area contributed by atoms with Crippen molar-refractivity contribution in [3.63, 3.8) is 0 Å². The molecule has 1 aromatic heterocycles. The molecule has 0 amide bonds. The number of hydrogen-bond acceptors (Lipinski definition) is 1. The van der Waals surface area contributed by atoms with E-state index in [9.17, 15) is 0 Å². The molecular weight excluding hydrogens is 773 g/mol. The van der Waals surface area contributed by atoms with Crippen molar-refractivity contribution in [1.82, 2.24) is 4.57 Å². The summed E-state index contributed by atoms with van der Waals surface area (Å²) in [5.74, 6) is 0. The van der Waals surface area contributed by atoms with E-state index in [2.05, 4.69) is 255 Å². The molecule has 0 radical (unpaired) electrons. The van der Waals surface area contributed by atoms with Crippen molar-refractivity contribution in [2.75, 3.05) is 4.90 Å². The predicted molar refractivity (Wildman–Crippen MR) is 272 cm³/mol. The second-order valence-electron chi connectivity index (χ2n) is 17.8. The first-order chi connectivity index (χ1) is 31.4. The minimum Gasteiger partial charge on any atom is -0.310 e. The molecule has 64 heavy (non-hydrogen) atoms. The average Bonchev–Trinajstić information content (AvgIpc) is 3.79. The average molecular weight is 819 g/mol. The summed E-state index contributed by atoms with van der Waals surface area (Å²) >= 11 is 0. The Labute approximate surface area is 375 Å². The monoisotopic (exact) mass is 818 g/mol. The number of aryl methyl sites for hydroxylation is 1. The number of nitrogens with zero attached hydrogens (tertiary/aromatic N) is 2. The third kappa shape index (κ3) is 5.94. The molecule has 12 rings (SSSR count). The molecule has 0 atom stereocenters. The fourth-order valence-electron chi connectivity index (χ4n) is 10.6. The van der Waals surface area contributed by atoms with E-state index in [0.717, 1.165) is 22.6 Å². The van der Waals surface area contributed by atoms with Gasteiger partial charge in [0.05, 0.1) is 22.4 Å². The lowest BCUT2D eigenvalue weighted by Gasteiger charge is -2.31. The van der Waals surface area contributed by atoms with Crippen LogP contribution in [0.25, 0.3) is 82.8 Å². The van der Waals surface area contributed by atoms with Gasteiger partial charge >= 0.3 is 0 Å². The van der Waals surface area contributed by atoms with Crippen LogP contribution >= 0.6 is 0 Å². The Morgan fingerprint density at radius 1 is 0.391 bits per heavy atom. The molecule has 0 spiro atoms. The zero-order valence-corrected chi connectivity index (χ0v) is 36.3. The first kappa shape index (κ1) is 37.8. The lowest BCUT2D eigenvalue weighted by Crippen LogP contribution is -2.17. The molecule has 2 heteroatoms. The zero-order valence-electron chi connectivity index (χ0n) is 36.3. The largest absolute Gasteiger partial charge is 0.310 e. The van der Waals surface area contributed by atoms with E-state index in [0.29, 0.717) is 0 Å². The number of benzene rings is 10. The summed E-state index contributed by atoms with van der Waals surface area (Å²) in [4.78, 5) is 2.51. The number of fused-ring (bicyclic) bond motifs is 7. The number of aromatic nitrogens is 1. The first-order valence-corrected chi connectivity index (χ1v) is 22.3. The van der Waals surface area contributed by atoms with Gasteiger partial charge in [-0.2, -0.15) is 0 Å². The van der Waals surface area contributed by atoms with Crippen molar-refractivity contribution in [2.45, 2.75) is 26.2 Å². The Morgan fingerprint density at radius 3 is 1.86 bits per heavy atom. The molecule has 0 aliphatic heterocycles. The highest BCUT2D eigenvalue weighted by Gasteiger charge is 2.36. The van der Waals surface area contributed by atoms with E-state index < -0.39 is 0 Å². The van der Waals surface area contributed by atoms with Crippen LogP contribution in [0.2, 0.25) is 0 Å². The van der Waals surface area contributed by atoms with Gasteiger partial charge in [-0.3, -0.25) is 0 Å². The van der Waals surface area contributed by atoms with Crippen molar-refractivity contribution in [1.29, 1.82) is 0 Å². The molecule has 11 aromatic rings. The SMILES string of the molecule is Cc1cccc(-c2ccc3ccccc3c2)c1-n1c2ccccc2c2ccc(N(c3ccc4c(c3)C(C)(C)c3ccccc3-4)c3cccc(-c4ccccc4)c3-c3ccccc3)cc21. The summed E-state index contributed by atoms with van der Waals surface area (Å²) in [7, 11) is 0. The van der Waals surface area contributed by atoms with Gasteiger partial charge in [0.2, 0.25) is 0 Å². The second kappa shape index (κ2) is 14.9. The van der Waals surface area contributed by atoms with Crippen LogP contribution < -0.4 is 4.90 Å². The van der Waals surface area contributed by atoms with Crippen molar-refractivity contribution >= 4 is 49.6 Å². The second-order valence-corrected chi connectivity index (χ2v) is 17.8. The van der Waals surface area contributed by atoms with Gasteiger partial charge in [0.25, 0.3) is 0 Å². The van der Waals surface area contributed by atoms with Crippen LogP contribution in [0.5, 0.6) is 0 Å². The summed E-state index contributed by atoms with van der Waals surface area (Å²) in [6.45, 7) is 7.00. The lowest BCUT2D eigenvalue weighted by atomic mass is 9.82. The maximum Gasteiger partial charge on any atom is 0.0569 e. The van der Waals surface area contributed by atoms with E-state index in [1.54, 1.807) is 0 Å². The Balaban J connectivity index is 1.15. The third-order valence-corrected chi connectivity index (χ3v) is 13.7. The molecule has 0 unspecified atom stereocenters. The Hall–Kier alpha value is -7.94. The molecule has 1 heterocycles. The van der Waals surface area contributed by atoms with Gasteiger partial charge in [-0.25, -0.2) is 0 Å². The van der Waals surface area contributed by atoms with E-state index in [1.165, 1.54) is 93.9 Å². The number of para-hydroxylation sites is 2. The standard InChI is InChI=1S/C62H46N2/c1-41-18-16-28-50(46-33-32-42-19-10-11-24-45(42)38-46)61(41)64-57-30-15-13-26-53(57)54-37-35-48(40-59(54)64)63(47-34-36-52-51-25-12-14-29-55(51)62(2,3)56(52)39-47)58-31-17-27-49(43-20-6-4-7-21-43)60(58)44-22-8-5-9-23-44/h4-40H,1-3H3. The van der Waals surface area contributed by atoms with Crippen molar-refractivity contribution in [3.05, 3.63) is 241 Å². The molecule has 0 saturated heterocycles. The maximum atomic E-state index is 2.52. The Morgan fingerprint density at radius 2 is 1.02 bits per heavy atom. The molecule has 0 saturated carbocycles. The highest BCUT2D eigenvalue weighted by atomic mass is 15.1. The van der Waals surface area contributed by atoms with Gasteiger partial charge in [0.1, 0.15) is 0 Å². The zero-order chi connectivity index (χ0) is 42.9. The molecule has 0 fully saturated rings. The summed E-state index contributed by atoms with van der Waals surface area (Å²) in [6, 6.07) is 82.9. The Bertz CT molecular complexity index is 3590. The highest BCUT2D eigenvalue weighted by molar-refractivity contribution is 6.11. The summed E-state index contributed by atoms with van der Waals surface area (Å²) < 4.78 is 2.52. The van der Waals surface area contributed by atoms with E-state index in [-0.39, 0.29) is 5.41 Å². The molecule has 1 aliphatic rings. The third-order valence-electron chi connectivity index (χ3n) is 13.7. The van der Waals surface area contributed by atoms with Gasteiger partial charge < -0.3 is 9.47 Å². The maximum absolute atomic E-state index is 2.52. The van der Waals surface area contributed by atoms with Crippen molar-refractivity contribution < 1.29 is 0 Å². The summed E-state index contributed by atoms with van der Waals surface area (Å²) in [6.07, 6.45) is 0. The van der Waals surface area contributed by atoms with E-state index in [1.807, 2.05) is 0 Å². The van der Waals surface area contributed by atoms with Gasteiger partial charge in [-0.15, -0.1) is 0 Å². The van der Waals surface area contributed by atoms with Crippen LogP contribution in [0.15, 0.2) is 224 Å². The number of hydrogen-bond donors (Lipinski definition) is 0. The molecule has 10 aromatic carbocycles. The number of rotatable bonds is 7. The van der Waals surface area contributed by atoms with Crippen LogP contribution in [-0.2, 0) is 5.41 Å². The van der Waals surface area contributed by atoms with E-state index >= 15 is 0 Å². The van der Waals surface area contributed by atoms with Crippen molar-refractivity contribution in [2.24, 2.45) is 0 Å². The fourth-order valence-corrected chi connectivity index (χ4v) is 10.6. The van der Waals surface area contributed by atoms with Crippen LogP contribution in [0, 0.1) is 6.92 Å². The van der Waals surface area contributed by atoms with Crippen LogP contribution in [0.1, 0.15) is 30.5 Å². The van der Waals surface area contributed by atoms with Crippen molar-refractivity contribution in [3.8, 4) is 50.2 Å². The topological polar surface area (TPSA) is 8.17 Å². The van der Waals surface area contributed by atoms with Crippen LogP contribution in [0.3, 0.4) is 0 Å². The van der Waals surface area contributed by atoms with Gasteiger partial charge in [-0.1, -0.05) is 196 Å². The van der Waals surface area contributed by atoms with Crippen LogP contribution in [0.4, 0.5) is 17.1 Å². The van der Waals surface area contributed by atoms with Gasteiger partial charge in [-0.05, 0) is 110 Å². The van der Waals surface area contributed by atoms with Gasteiger partial charge in [0.15, 0.2) is 0 Å². The molecule has 1 aliphatic carbocycles. The summed E-state index contributed by atoms with van der Waals surface area (Å²) in [5, 5.41) is 4.93. The van der Waals surface area contributed by atoms with Gasteiger partial charge in [0, 0.05) is 38.7 Å². The minimum atomic E-state index is -0.165. The van der Waals surface area contributed by atoms with E-state index in [4.69, 9.17) is 0 Å². The fraction of sp³-hybridized carbons (Fsp3) is 0.0645. The smallest absolute Gasteiger partial charge is 0.0569 e. The predicted octanol–water partition coefficient (Wildman–Crippen LogP) is 17.0. The molecule has 0 bridgehead atoms. The molecule has 0 N–H and O–H groups in total. The molecule has 304 valence electrons. The minimum absolute atomic E-state index is 0.165. The number of anilines is 3. The molecular formula is C62H46N2. The normalized spacial score (nSPS) is 12.7. The quantitative estimate of drug-likeness (QED) is 0.156. The lowest BCUT2D eigenvalue weighted by molar-refractivity contribution is 0.660. The van der Waals surface area contributed by atoms with Crippen LogP contribution in [-0.4, -0.2) is 4.57 Å². The summed E-state index contributed by atoms with van der Waals surface area (Å²) in [5.41, 5.74) is 20.4. The Kier molecular flexibility index (Phi) is 8.77. The highest BCUT2D eigenvalue weighted by Crippen LogP contribution is 2.52. The molecule has 2 nitrogen and oxygen atoms in total.